The maximum Gasteiger partial charge on any atom is 0.279 e. The summed E-state index contributed by atoms with van der Waals surface area (Å²) in [4.78, 5) is 0. The van der Waals surface area contributed by atoms with E-state index in [0.29, 0.717) is 19.6 Å². The molecule has 0 bridgehead atoms. The third-order valence-corrected chi connectivity index (χ3v) is 4.79. The third-order valence-electron chi connectivity index (χ3n) is 3.06. The van der Waals surface area contributed by atoms with Crippen LogP contribution in [0.4, 0.5) is 0 Å². The van der Waals surface area contributed by atoms with Crippen LogP contribution in [0.5, 0.6) is 0 Å². The highest BCUT2D eigenvalue weighted by Gasteiger charge is 2.28. The van der Waals surface area contributed by atoms with Crippen LogP contribution < -0.4 is 10.0 Å². The van der Waals surface area contributed by atoms with Gasteiger partial charge in [-0.15, -0.1) is 0 Å². The third kappa shape index (κ3) is 4.91. The van der Waals surface area contributed by atoms with Crippen LogP contribution in [0.3, 0.4) is 0 Å². The molecule has 1 unspecified atom stereocenters. The van der Waals surface area contributed by atoms with Crippen molar-refractivity contribution in [2.75, 3.05) is 26.2 Å². The summed E-state index contributed by atoms with van der Waals surface area (Å²) in [5.41, 5.74) is 0. The van der Waals surface area contributed by atoms with Crippen LogP contribution in [-0.2, 0) is 10.2 Å². The van der Waals surface area contributed by atoms with Crippen molar-refractivity contribution in [3.05, 3.63) is 0 Å². The van der Waals surface area contributed by atoms with Crippen molar-refractivity contribution in [1.82, 2.24) is 14.3 Å². The molecule has 1 heterocycles. The van der Waals surface area contributed by atoms with Crippen molar-refractivity contribution in [3.63, 3.8) is 0 Å². The lowest BCUT2D eigenvalue weighted by molar-refractivity contribution is 0.265. The van der Waals surface area contributed by atoms with E-state index < -0.39 is 10.2 Å². The Morgan fingerprint density at radius 3 is 2.65 bits per heavy atom. The van der Waals surface area contributed by atoms with E-state index in [1.807, 2.05) is 6.92 Å². The Bertz CT molecular complexity index is 306. The normalized spacial score (nSPS) is 22.8. The van der Waals surface area contributed by atoms with Gasteiger partial charge in [0.25, 0.3) is 10.2 Å². The minimum atomic E-state index is -3.28. The topological polar surface area (TPSA) is 61.4 Å². The largest absolute Gasteiger partial charge is 0.315 e. The van der Waals surface area contributed by atoms with Crippen LogP contribution in [0, 0.1) is 0 Å². The number of piperidine rings is 1. The molecule has 0 aromatic heterocycles. The van der Waals surface area contributed by atoms with Gasteiger partial charge >= 0.3 is 0 Å². The molecule has 102 valence electrons. The molecule has 5 nitrogen and oxygen atoms in total. The second-order valence-corrected chi connectivity index (χ2v) is 6.31. The predicted octanol–water partition coefficient (Wildman–Crippen LogP) is 0.695. The molecule has 0 spiro atoms. The molecule has 1 aliphatic rings. The molecular weight excluding hydrogens is 238 g/mol. The van der Waals surface area contributed by atoms with Crippen molar-refractivity contribution in [1.29, 1.82) is 0 Å². The lowest BCUT2D eigenvalue weighted by Crippen LogP contribution is -2.49. The Morgan fingerprint density at radius 2 is 2.00 bits per heavy atom. The fourth-order valence-corrected chi connectivity index (χ4v) is 3.56. The van der Waals surface area contributed by atoms with Gasteiger partial charge in [-0.1, -0.05) is 13.3 Å². The molecule has 1 atom stereocenters. The first-order chi connectivity index (χ1) is 8.08. The molecule has 0 aliphatic carbocycles. The van der Waals surface area contributed by atoms with E-state index in [0.717, 1.165) is 32.2 Å². The summed E-state index contributed by atoms with van der Waals surface area (Å²) in [5, 5.41) is 3.18. The van der Waals surface area contributed by atoms with Crippen LogP contribution >= 0.6 is 0 Å². The molecule has 1 fully saturated rings. The van der Waals surface area contributed by atoms with Gasteiger partial charge in [0.05, 0.1) is 0 Å². The van der Waals surface area contributed by atoms with E-state index in [1.165, 1.54) is 0 Å². The fraction of sp³-hybridized carbons (Fsp3) is 1.00. The fourth-order valence-electron chi connectivity index (χ4n) is 2.08. The van der Waals surface area contributed by atoms with Crippen molar-refractivity contribution < 1.29 is 8.42 Å². The molecule has 2 N–H and O–H groups in total. The summed E-state index contributed by atoms with van der Waals surface area (Å²) < 4.78 is 28.3. The second-order valence-electron chi connectivity index (χ2n) is 4.60. The number of hydrogen-bond acceptors (Lipinski definition) is 3. The van der Waals surface area contributed by atoms with E-state index in [9.17, 15) is 8.42 Å². The quantitative estimate of drug-likeness (QED) is 0.665. The summed E-state index contributed by atoms with van der Waals surface area (Å²) >= 11 is 0. The minimum absolute atomic E-state index is 0.129. The Balaban J connectivity index is 2.34. The van der Waals surface area contributed by atoms with Gasteiger partial charge in [0, 0.05) is 25.7 Å². The zero-order chi connectivity index (χ0) is 12.7. The molecule has 0 aromatic rings. The lowest BCUT2D eigenvalue weighted by Gasteiger charge is -2.32. The van der Waals surface area contributed by atoms with E-state index >= 15 is 0 Å². The summed E-state index contributed by atoms with van der Waals surface area (Å²) in [6.45, 7) is 6.81. The van der Waals surface area contributed by atoms with Crippen LogP contribution in [-0.4, -0.2) is 44.9 Å². The molecule has 0 saturated carbocycles. The van der Waals surface area contributed by atoms with Gasteiger partial charge in [-0.05, 0) is 32.7 Å². The maximum absolute atomic E-state index is 12.0. The predicted molar refractivity (Wildman–Crippen MR) is 70.1 cm³/mol. The van der Waals surface area contributed by atoms with Crippen molar-refractivity contribution in [3.8, 4) is 0 Å². The van der Waals surface area contributed by atoms with Gasteiger partial charge in [-0.3, -0.25) is 0 Å². The molecule has 17 heavy (non-hydrogen) atoms. The lowest BCUT2D eigenvalue weighted by atomic mass is 10.1. The summed E-state index contributed by atoms with van der Waals surface area (Å²) in [6, 6.07) is 0.129. The zero-order valence-corrected chi connectivity index (χ0v) is 11.7. The van der Waals surface area contributed by atoms with E-state index in [2.05, 4.69) is 17.0 Å². The number of hydrogen-bond donors (Lipinski definition) is 2. The van der Waals surface area contributed by atoms with E-state index in [-0.39, 0.29) is 6.04 Å². The monoisotopic (exact) mass is 263 g/mol. The minimum Gasteiger partial charge on any atom is -0.315 e. The first kappa shape index (κ1) is 14.9. The van der Waals surface area contributed by atoms with Crippen LogP contribution in [0.15, 0.2) is 0 Å². The molecule has 0 amide bonds. The smallest absolute Gasteiger partial charge is 0.279 e. The molecule has 1 rings (SSSR count). The second kappa shape index (κ2) is 7.31. The number of nitrogens with one attached hydrogen (secondary N) is 2. The van der Waals surface area contributed by atoms with Gasteiger partial charge < -0.3 is 5.32 Å². The van der Waals surface area contributed by atoms with Crippen molar-refractivity contribution >= 4 is 10.2 Å². The van der Waals surface area contributed by atoms with Gasteiger partial charge in [0.2, 0.25) is 0 Å². The highest BCUT2D eigenvalue weighted by Crippen LogP contribution is 2.18. The Morgan fingerprint density at radius 1 is 1.24 bits per heavy atom. The highest BCUT2D eigenvalue weighted by atomic mass is 32.2. The summed E-state index contributed by atoms with van der Waals surface area (Å²) in [7, 11) is -3.28. The first-order valence-corrected chi connectivity index (χ1v) is 7.99. The zero-order valence-electron chi connectivity index (χ0n) is 10.9. The Kier molecular flexibility index (Phi) is 6.40. The van der Waals surface area contributed by atoms with Crippen molar-refractivity contribution in [2.45, 2.75) is 45.6 Å². The molecular formula is C11H25N3O2S. The molecule has 0 aromatic carbocycles. The Hall–Kier alpha value is -0.170. The number of nitrogens with zero attached hydrogens (tertiary/aromatic N) is 1. The summed E-state index contributed by atoms with van der Waals surface area (Å²) in [6.07, 6.45) is 4.13. The van der Waals surface area contributed by atoms with E-state index in [1.54, 1.807) is 4.31 Å². The number of rotatable bonds is 7. The van der Waals surface area contributed by atoms with Gasteiger partial charge in [0.1, 0.15) is 0 Å². The maximum atomic E-state index is 12.0. The van der Waals surface area contributed by atoms with Crippen LogP contribution in [0.2, 0.25) is 0 Å². The Labute approximate surface area is 105 Å². The van der Waals surface area contributed by atoms with E-state index in [4.69, 9.17) is 0 Å². The molecule has 6 heteroatoms. The van der Waals surface area contributed by atoms with Crippen LogP contribution in [0.25, 0.3) is 0 Å². The average molecular weight is 263 g/mol. The average Bonchev–Trinajstić information content (AvgIpc) is 2.29. The standard InChI is InChI=1S/C11H25N3O2S/c1-3-7-12-8-9-13-17(15,16)14-10-5-4-6-11(14)2/h11-13H,3-10H2,1-2H3. The van der Waals surface area contributed by atoms with Gasteiger partial charge in [-0.25, -0.2) is 4.72 Å². The summed E-state index contributed by atoms with van der Waals surface area (Å²) in [5.74, 6) is 0. The molecule has 1 saturated heterocycles. The molecule has 1 aliphatic heterocycles. The SMILES string of the molecule is CCCNCCNS(=O)(=O)N1CCCCC1C. The first-order valence-electron chi connectivity index (χ1n) is 6.55. The van der Waals surface area contributed by atoms with Gasteiger partial charge in [0.15, 0.2) is 0 Å². The van der Waals surface area contributed by atoms with Crippen molar-refractivity contribution in [2.24, 2.45) is 0 Å². The van der Waals surface area contributed by atoms with Crippen LogP contribution in [0.1, 0.15) is 39.5 Å². The van der Waals surface area contributed by atoms with Gasteiger partial charge in [-0.2, -0.15) is 12.7 Å². The molecule has 0 radical (unpaired) electrons. The highest BCUT2D eigenvalue weighted by molar-refractivity contribution is 7.87.